The Kier molecular flexibility index (Phi) is 5.63. The van der Waals surface area contributed by atoms with Gasteiger partial charge >= 0.3 is 0 Å². The lowest BCUT2D eigenvalue weighted by atomic mass is 10.1. The molecule has 114 valence electrons. The molecule has 1 rings (SSSR count). The van der Waals surface area contributed by atoms with Crippen molar-refractivity contribution in [3.63, 3.8) is 0 Å². The summed E-state index contributed by atoms with van der Waals surface area (Å²) in [6.45, 7) is 0.874. The Labute approximate surface area is 116 Å². The highest BCUT2D eigenvalue weighted by molar-refractivity contribution is 7.92. The smallest absolute Gasteiger partial charge is 0.207 e. The van der Waals surface area contributed by atoms with Gasteiger partial charge in [0.2, 0.25) is 9.84 Å². The molecule has 0 heterocycles. The van der Waals surface area contributed by atoms with Crippen LogP contribution >= 0.6 is 0 Å². The summed E-state index contributed by atoms with van der Waals surface area (Å²) in [5.41, 5.74) is -1.50. The summed E-state index contributed by atoms with van der Waals surface area (Å²) >= 11 is 0. The minimum atomic E-state index is -4.29. The van der Waals surface area contributed by atoms with Gasteiger partial charge in [0.15, 0.2) is 5.44 Å². The van der Waals surface area contributed by atoms with Crippen molar-refractivity contribution in [3.05, 3.63) is 29.8 Å². The van der Waals surface area contributed by atoms with E-state index in [4.69, 9.17) is 10.2 Å². The van der Waals surface area contributed by atoms with Gasteiger partial charge < -0.3 is 25.5 Å². The summed E-state index contributed by atoms with van der Waals surface area (Å²) in [7, 11) is -4.29. The molecular weight excluding hydrogens is 288 g/mol. The van der Waals surface area contributed by atoms with Gasteiger partial charge in [0, 0.05) is 0 Å². The minimum absolute atomic E-state index is 0.222. The molecule has 5 N–H and O–H groups in total. The Morgan fingerprint density at radius 2 is 1.50 bits per heavy atom. The van der Waals surface area contributed by atoms with E-state index in [1.807, 2.05) is 0 Å². The van der Waals surface area contributed by atoms with E-state index in [9.17, 15) is 23.7 Å². The van der Waals surface area contributed by atoms with E-state index in [2.05, 4.69) is 0 Å². The molecule has 0 spiro atoms. The van der Waals surface area contributed by atoms with Crippen LogP contribution in [0.3, 0.4) is 0 Å². The maximum Gasteiger partial charge on any atom is 0.207 e. The fourth-order valence-corrected chi connectivity index (χ4v) is 2.88. The Bertz CT molecular complexity index is 525. The molecule has 1 aromatic rings. The quantitative estimate of drug-likeness (QED) is 0.417. The van der Waals surface area contributed by atoms with Crippen LogP contribution in [-0.2, 0) is 9.84 Å². The van der Waals surface area contributed by atoms with E-state index in [0.717, 1.165) is 5.56 Å². The molecule has 0 aliphatic rings. The highest BCUT2D eigenvalue weighted by atomic mass is 32.2. The van der Waals surface area contributed by atoms with Gasteiger partial charge in [-0.3, -0.25) is 0 Å². The van der Waals surface area contributed by atoms with Crippen LogP contribution < -0.4 is 0 Å². The molecule has 7 nitrogen and oxygen atoms in total. The van der Waals surface area contributed by atoms with E-state index >= 15 is 0 Å². The summed E-state index contributed by atoms with van der Waals surface area (Å²) in [5.74, 6) is 0. The number of aliphatic hydroxyl groups excluding tert-OH is 5. The van der Waals surface area contributed by atoms with Crippen LogP contribution in [0, 0.1) is 6.92 Å². The second-order valence-corrected chi connectivity index (χ2v) is 6.52. The van der Waals surface area contributed by atoms with Gasteiger partial charge in [-0.05, 0) is 19.1 Å². The summed E-state index contributed by atoms with van der Waals surface area (Å²) in [5, 5.41) is 46.5. The Morgan fingerprint density at radius 3 is 1.95 bits per heavy atom. The van der Waals surface area contributed by atoms with Crippen LogP contribution in [0.25, 0.3) is 0 Å². The van der Waals surface area contributed by atoms with Crippen molar-refractivity contribution in [1.29, 1.82) is 0 Å². The second-order valence-electron chi connectivity index (χ2n) is 4.48. The Morgan fingerprint density at radius 1 is 1.00 bits per heavy atom. The van der Waals surface area contributed by atoms with E-state index in [1.54, 1.807) is 6.92 Å². The van der Waals surface area contributed by atoms with Crippen molar-refractivity contribution < 1.29 is 34.0 Å². The summed E-state index contributed by atoms with van der Waals surface area (Å²) < 4.78 is 24.1. The molecule has 20 heavy (non-hydrogen) atoms. The molecule has 1 aromatic carbocycles. The molecule has 0 fully saturated rings. The number of aliphatic hydroxyl groups is 5. The lowest BCUT2D eigenvalue weighted by Gasteiger charge is -2.25. The van der Waals surface area contributed by atoms with E-state index in [-0.39, 0.29) is 4.90 Å². The fraction of sp³-hybridized carbons (Fsp3) is 0.500. The van der Waals surface area contributed by atoms with Crippen LogP contribution in [0.2, 0.25) is 0 Å². The Hall–Kier alpha value is -1.03. The molecule has 1 unspecified atom stereocenters. The third kappa shape index (κ3) is 3.54. The third-order valence-corrected chi connectivity index (χ3v) is 4.73. The first kappa shape index (κ1) is 17.0. The average Bonchev–Trinajstić information content (AvgIpc) is 2.44. The maximum atomic E-state index is 12.0. The van der Waals surface area contributed by atoms with E-state index < -0.39 is 40.2 Å². The fourth-order valence-electron chi connectivity index (χ4n) is 1.56. The molecule has 0 amide bonds. The monoisotopic (exact) mass is 306 g/mol. The van der Waals surface area contributed by atoms with Gasteiger partial charge in [0.1, 0.15) is 18.3 Å². The van der Waals surface area contributed by atoms with E-state index in [1.165, 1.54) is 24.3 Å². The van der Waals surface area contributed by atoms with Gasteiger partial charge in [0.05, 0.1) is 11.5 Å². The summed E-state index contributed by atoms with van der Waals surface area (Å²) in [6.07, 6.45) is -5.90. The van der Waals surface area contributed by atoms with Crippen molar-refractivity contribution in [2.24, 2.45) is 0 Å². The lowest BCUT2D eigenvalue weighted by Crippen LogP contribution is -2.48. The van der Waals surface area contributed by atoms with Crippen LogP contribution in [-0.4, -0.2) is 64.3 Å². The first-order valence-electron chi connectivity index (χ1n) is 5.85. The molecule has 0 aliphatic carbocycles. The molecule has 0 saturated carbocycles. The van der Waals surface area contributed by atoms with Crippen molar-refractivity contribution in [2.45, 2.75) is 35.6 Å². The molecule has 0 bridgehead atoms. The van der Waals surface area contributed by atoms with Gasteiger partial charge in [-0.1, -0.05) is 17.7 Å². The van der Waals surface area contributed by atoms with Gasteiger partial charge in [-0.2, -0.15) is 0 Å². The lowest BCUT2D eigenvalue weighted by molar-refractivity contribution is -0.0981. The van der Waals surface area contributed by atoms with Crippen LogP contribution in [0.15, 0.2) is 29.2 Å². The topological polar surface area (TPSA) is 135 Å². The van der Waals surface area contributed by atoms with Gasteiger partial charge in [-0.15, -0.1) is 0 Å². The molecular formula is C12H18O7S. The van der Waals surface area contributed by atoms with E-state index in [0.29, 0.717) is 0 Å². The van der Waals surface area contributed by atoms with Gasteiger partial charge in [0.25, 0.3) is 0 Å². The molecule has 0 aromatic heterocycles. The zero-order valence-corrected chi connectivity index (χ0v) is 11.6. The molecule has 0 radical (unpaired) electrons. The number of sulfone groups is 1. The molecule has 4 atom stereocenters. The third-order valence-electron chi connectivity index (χ3n) is 2.89. The van der Waals surface area contributed by atoms with Crippen LogP contribution in [0.5, 0.6) is 0 Å². The van der Waals surface area contributed by atoms with Crippen LogP contribution in [0.1, 0.15) is 5.56 Å². The number of rotatable bonds is 6. The molecule has 8 heteroatoms. The van der Waals surface area contributed by atoms with Crippen molar-refractivity contribution >= 4 is 9.84 Å². The number of benzene rings is 1. The summed E-state index contributed by atoms with van der Waals surface area (Å²) in [6, 6.07) is 5.56. The van der Waals surface area contributed by atoms with Crippen LogP contribution in [0.4, 0.5) is 0 Å². The van der Waals surface area contributed by atoms with Crippen molar-refractivity contribution in [2.75, 3.05) is 6.61 Å². The van der Waals surface area contributed by atoms with Gasteiger partial charge in [-0.25, -0.2) is 8.42 Å². The zero-order chi connectivity index (χ0) is 15.5. The largest absolute Gasteiger partial charge is 0.394 e. The predicted molar refractivity (Wildman–Crippen MR) is 69.5 cm³/mol. The standard InChI is InChI=1S/C12H18O7S/c1-7-2-4-8(5-3-7)20(18,19)12(17)11(16)10(15)9(14)6-13/h2-5,9-17H,6H2,1H3/t9-,10-,11+,12?/m1/s1. The predicted octanol–water partition coefficient (Wildman–Crippen LogP) is -1.84. The first-order chi connectivity index (χ1) is 9.21. The normalized spacial score (nSPS) is 18.3. The highest BCUT2D eigenvalue weighted by Crippen LogP contribution is 2.19. The zero-order valence-electron chi connectivity index (χ0n) is 10.8. The number of aryl methyl sites for hydroxylation is 1. The van der Waals surface area contributed by atoms with Crippen molar-refractivity contribution in [1.82, 2.24) is 0 Å². The highest BCUT2D eigenvalue weighted by Gasteiger charge is 2.38. The number of hydrogen-bond donors (Lipinski definition) is 5. The molecule has 0 saturated heterocycles. The second kappa shape index (κ2) is 6.61. The maximum absolute atomic E-state index is 12.0. The summed E-state index contributed by atoms with van der Waals surface area (Å²) in [4.78, 5) is -0.222. The number of hydrogen-bond acceptors (Lipinski definition) is 7. The Balaban J connectivity index is 3.00. The van der Waals surface area contributed by atoms with Crippen molar-refractivity contribution in [3.8, 4) is 0 Å². The average molecular weight is 306 g/mol. The first-order valence-corrected chi connectivity index (χ1v) is 7.40. The SMILES string of the molecule is Cc1ccc(S(=O)(=O)C(O)[C@@H](O)[C@H](O)[C@H](O)CO)cc1. The minimum Gasteiger partial charge on any atom is -0.394 e. The molecule has 0 aliphatic heterocycles.